The van der Waals surface area contributed by atoms with E-state index in [1.54, 1.807) is 54.6 Å². The SMILES string of the molecule is O=C(Oc1ccc(C(=O)Oc2ccc3ccccc3c2)cc1)c1ccc(Cl)cc1. The van der Waals surface area contributed by atoms with Gasteiger partial charge in [-0.25, -0.2) is 9.59 Å². The Hall–Kier alpha value is -3.63. The first kappa shape index (κ1) is 18.7. The molecule has 0 N–H and O–H groups in total. The van der Waals surface area contributed by atoms with Crippen molar-refractivity contribution in [1.82, 2.24) is 0 Å². The molecule has 4 nitrogen and oxygen atoms in total. The van der Waals surface area contributed by atoms with Gasteiger partial charge in [0.2, 0.25) is 0 Å². The zero-order chi connectivity index (χ0) is 20.2. The molecule has 4 aromatic carbocycles. The Morgan fingerprint density at radius 3 is 1.76 bits per heavy atom. The smallest absolute Gasteiger partial charge is 0.343 e. The second-order valence-corrected chi connectivity index (χ2v) is 6.76. The standard InChI is InChI=1S/C24H15ClO4/c25-20-10-5-17(6-11-20)23(26)28-21-12-8-18(9-13-21)24(27)29-22-14-7-16-3-1-2-4-19(16)15-22/h1-15H. The molecular formula is C24H15ClO4. The number of benzene rings is 4. The second kappa shape index (κ2) is 8.17. The highest BCUT2D eigenvalue weighted by Gasteiger charge is 2.12. The van der Waals surface area contributed by atoms with Gasteiger partial charge < -0.3 is 9.47 Å². The van der Waals surface area contributed by atoms with E-state index in [0.717, 1.165) is 10.8 Å². The average Bonchev–Trinajstić information content (AvgIpc) is 2.74. The number of fused-ring (bicyclic) bond motifs is 1. The van der Waals surface area contributed by atoms with Crippen LogP contribution in [0.5, 0.6) is 11.5 Å². The molecule has 0 aromatic heterocycles. The molecule has 0 spiro atoms. The highest BCUT2D eigenvalue weighted by atomic mass is 35.5. The third kappa shape index (κ3) is 4.45. The molecule has 0 amide bonds. The minimum atomic E-state index is -0.506. The first-order valence-corrected chi connectivity index (χ1v) is 9.25. The predicted molar refractivity (Wildman–Crippen MR) is 112 cm³/mol. The Balaban J connectivity index is 1.43. The van der Waals surface area contributed by atoms with E-state index in [4.69, 9.17) is 21.1 Å². The summed E-state index contributed by atoms with van der Waals surface area (Å²) in [5.41, 5.74) is 0.735. The van der Waals surface area contributed by atoms with Crippen molar-refractivity contribution in [3.63, 3.8) is 0 Å². The van der Waals surface area contributed by atoms with Crippen LogP contribution in [0.2, 0.25) is 5.02 Å². The van der Waals surface area contributed by atoms with Gasteiger partial charge in [0.05, 0.1) is 11.1 Å². The van der Waals surface area contributed by atoms with Crippen molar-refractivity contribution < 1.29 is 19.1 Å². The summed E-state index contributed by atoms with van der Waals surface area (Å²) in [5, 5.41) is 2.59. The summed E-state index contributed by atoms with van der Waals surface area (Å²) in [6, 6.07) is 25.9. The van der Waals surface area contributed by atoms with Crippen LogP contribution in [0, 0.1) is 0 Å². The molecule has 0 unspecified atom stereocenters. The molecule has 4 rings (SSSR count). The zero-order valence-corrected chi connectivity index (χ0v) is 15.9. The maximum Gasteiger partial charge on any atom is 0.343 e. The fourth-order valence-corrected chi connectivity index (χ4v) is 2.93. The molecule has 0 heterocycles. The van der Waals surface area contributed by atoms with Crippen LogP contribution >= 0.6 is 11.6 Å². The molecule has 0 radical (unpaired) electrons. The van der Waals surface area contributed by atoms with Crippen LogP contribution in [0.1, 0.15) is 20.7 Å². The van der Waals surface area contributed by atoms with Gasteiger partial charge in [0, 0.05) is 5.02 Å². The minimum absolute atomic E-state index is 0.326. The molecule has 142 valence electrons. The van der Waals surface area contributed by atoms with E-state index < -0.39 is 11.9 Å². The topological polar surface area (TPSA) is 52.6 Å². The molecule has 0 saturated carbocycles. The van der Waals surface area contributed by atoms with Crippen LogP contribution in [-0.2, 0) is 0 Å². The van der Waals surface area contributed by atoms with E-state index in [0.29, 0.717) is 27.6 Å². The summed E-state index contributed by atoms with van der Waals surface area (Å²) in [7, 11) is 0. The van der Waals surface area contributed by atoms with E-state index in [-0.39, 0.29) is 0 Å². The van der Waals surface area contributed by atoms with Gasteiger partial charge in [0.15, 0.2) is 0 Å². The van der Waals surface area contributed by atoms with E-state index in [2.05, 4.69) is 0 Å². The number of carbonyl (C=O) groups is 2. The molecule has 0 fully saturated rings. The highest BCUT2D eigenvalue weighted by Crippen LogP contribution is 2.22. The molecule has 0 aliphatic heterocycles. The monoisotopic (exact) mass is 402 g/mol. The summed E-state index contributed by atoms with van der Waals surface area (Å²) in [6.07, 6.45) is 0. The van der Waals surface area contributed by atoms with Crippen molar-refractivity contribution in [2.45, 2.75) is 0 Å². The molecule has 0 atom stereocenters. The predicted octanol–water partition coefficient (Wildman–Crippen LogP) is 5.93. The second-order valence-electron chi connectivity index (χ2n) is 6.32. The van der Waals surface area contributed by atoms with Gasteiger partial charge in [0.25, 0.3) is 0 Å². The largest absolute Gasteiger partial charge is 0.423 e. The van der Waals surface area contributed by atoms with Gasteiger partial charge in [-0.05, 0) is 71.4 Å². The van der Waals surface area contributed by atoms with Crippen molar-refractivity contribution in [3.8, 4) is 11.5 Å². The van der Waals surface area contributed by atoms with Crippen molar-refractivity contribution in [1.29, 1.82) is 0 Å². The third-order valence-electron chi connectivity index (χ3n) is 4.31. The van der Waals surface area contributed by atoms with Gasteiger partial charge in [0.1, 0.15) is 11.5 Å². The Morgan fingerprint density at radius 2 is 1.10 bits per heavy atom. The minimum Gasteiger partial charge on any atom is -0.423 e. The molecule has 4 aromatic rings. The Kier molecular flexibility index (Phi) is 5.27. The van der Waals surface area contributed by atoms with Crippen molar-refractivity contribution in [2.24, 2.45) is 0 Å². The number of ether oxygens (including phenoxy) is 2. The van der Waals surface area contributed by atoms with Crippen LogP contribution in [0.3, 0.4) is 0 Å². The molecule has 0 saturated heterocycles. The Bertz CT molecular complexity index is 1180. The van der Waals surface area contributed by atoms with Gasteiger partial charge in [-0.2, -0.15) is 0 Å². The Labute approximate surface area is 172 Å². The summed E-state index contributed by atoms with van der Waals surface area (Å²) < 4.78 is 10.8. The average molecular weight is 403 g/mol. The Morgan fingerprint density at radius 1 is 0.586 bits per heavy atom. The molecule has 0 aliphatic carbocycles. The number of hydrogen-bond acceptors (Lipinski definition) is 4. The van der Waals surface area contributed by atoms with E-state index >= 15 is 0 Å². The summed E-state index contributed by atoms with van der Waals surface area (Å²) in [4.78, 5) is 24.5. The summed E-state index contributed by atoms with van der Waals surface area (Å²) >= 11 is 5.81. The van der Waals surface area contributed by atoms with Gasteiger partial charge in [-0.3, -0.25) is 0 Å². The van der Waals surface area contributed by atoms with Crippen LogP contribution < -0.4 is 9.47 Å². The molecular weight excluding hydrogens is 388 g/mol. The zero-order valence-electron chi connectivity index (χ0n) is 15.2. The molecule has 29 heavy (non-hydrogen) atoms. The van der Waals surface area contributed by atoms with Crippen molar-refractivity contribution >= 4 is 34.3 Å². The van der Waals surface area contributed by atoms with E-state index in [1.807, 2.05) is 36.4 Å². The fourth-order valence-electron chi connectivity index (χ4n) is 2.81. The number of rotatable bonds is 4. The summed E-state index contributed by atoms with van der Waals surface area (Å²) in [6.45, 7) is 0. The van der Waals surface area contributed by atoms with Crippen LogP contribution in [-0.4, -0.2) is 11.9 Å². The maximum atomic E-state index is 12.4. The van der Waals surface area contributed by atoms with Crippen molar-refractivity contribution in [2.75, 3.05) is 0 Å². The number of esters is 2. The van der Waals surface area contributed by atoms with Gasteiger partial charge >= 0.3 is 11.9 Å². The lowest BCUT2D eigenvalue weighted by Gasteiger charge is -2.07. The van der Waals surface area contributed by atoms with Gasteiger partial charge in [-0.1, -0.05) is 41.9 Å². The first-order chi connectivity index (χ1) is 14.1. The number of hydrogen-bond donors (Lipinski definition) is 0. The van der Waals surface area contributed by atoms with Crippen molar-refractivity contribution in [3.05, 3.63) is 107 Å². The first-order valence-electron chi connectivity index (χ1n) is 8.87. The highest BCUT2D eigenvalue weighted by molar-refractivity contribution is 6.30. The van der Waals surface area contributed by atoms with E-state index in [1.165, 1.54) is 0 Å². The molecule has 5 heteroatoms. The molecule has 0 aliphatic rings. The van der Waals surface area contributed by atoms with Crippen LogP contribution in [0.15, 0.2) is 91.0 Å². The molecule has 0 bridgehead atoms. The maximum absolute atomic E-state index is 12.4. The van der Waals surface area contributed by atoms with E-state index in [9.17, 15) is 9.59 Å². The van der Waals surface area contributed by atoms with Crippen LogP contribution in [0.25, 0.3) is 10.8 Å². The third-order valence-corrected chi connectivity index (χ3v) is 4.56. The number of halogens is 1. The lowest BCUT2D eigenvalue weighted by molar-refractivity contribution is 0.0730. The quantitative estimate of drug-likeness (QED) is 0.313. The number of carbonyl (C=O) groups excluding carboxylic acids is 2. The lowest BCUT2D eigenvalue weighted by atomic mass is 10.1. The lowest BCUT2D eigenvalue weighted by Crippen LogP contribution is -2.10. The fraction of sp³-hybridized carbons (Fsp3) is 0. The normalized spacial score (nSPS) is 10.5. The van der Waals surface area contributed by atoms with Crippen LogP contribution in [0.4, 0.5) is 0 Å². The van der Waals surface area contributed by atoms with Gasteiger partial charge in [-0.15, -0.1) is 0 Å². The summed E-state index contributed by atoms with van der Waals surface area (Å²) in [5.74, 6) is -0.205.